The lowest BCUT2D eigenvalue weighted by molar-refractivity contribution is -0.135. The van der Waals surface area contributed by atoms with Gasteiger partial charge in [0.2, 0.25) is 5.91 Å². The van der Waals surface area contributed by atoms with Gasteiger partial charge in [-0.15, -0.1) is 0 Å². The maximum absolute atomic E-state index is 12.7. The molecule has 20 heavy (non-hydrogen) atoms. The molecule has 1 saturated heterocycles. The van der Waals surface area contributed by atoms with Gasteiger partial charge in [-0.2, -0.15) is 0 Å². The first-order chi connectivity index (χ1) is 9.65. The lowest BCUT2D eigenvalue weighted by Gasteiger charge is -2.35. The predicted octanol–water partition coefficient (Wildman–Crippen LogP) is 0.709. The second kappa shape index (κ2) is 4.67. The van der Waals surface area contributed by atoms with Crippen molar-refractivity contribution in [2.24, 2.45) is 35.3 Å². The van der Waals surface area contributed by atoms with Gasteiger partial charge in [0.25, 0.3) is 0 Å². The minimum Gasteiger partial charge on any atom is -0.392 e. The molecule has 0 aromatic rings. The van der Waals surface area contributed by atoms with Crippen LogP contribution in [0.1, 0.15) is 19.3 Å². The summed E-state index contributed by atoms with van der Waals surface area (Å²) < 4.78 is 0. The van der Waals surface area contributed by atoms with Crippen LogP contribution >= 0.6 is 12.2 Å². The maximum Gasteiger partial charge on any atom is 0.226 e. The summed E-state index contributed by atoms with van der Waals surface area (Å²) in [6.07, 6.45) is 4.19. The lowest BCUT2D eigenvalue weighted by Crippen LogP contribution is -2.51. The summed E-state index contributed by atoms with van der Waals surface area (Å²) in [4.78, 5) is 17.6. The van der Waals surface area contributed by atoms with E-state index >= 15 is 0 Å². The molecule has 110 valence electrons. The number of nitrogens with two attached hydrogens (primary N) is 1. The first-order valence-electron chi connectivity index (χ1n) is 7.94. The Morgan fingerprint density at radius 2 is 1.70 bits per heavy atom. The summed E-state index contributed by atoms with van der Waals surface area (Å²) in [5, 5.41) is 0. The molecule has 4 fully saturated rings. The fraction of sp³-hybridized carbons (Fsp3) is 0.867. The topological polar surface area (TPSA) is 49.6 Å². The third-order valence-corrected chi connectivity index (χ3v) is 6.21. The van der Waals surface area contributed by atoms with E-state index < -0.39 is 0 Å². The van der Waals surface area contributed by atoms with Crippen molar-refractivity contribution in [3.8, 4) is 0 Å². The average molecular weight is 293 g/mol. The van der Waals surface area contributed by atoms with Crippen molar-refractivity contribution < 1.29 is 4.79 Å². The second-order valence-electron chi connectivity index (χ2n) is 7.08. The highest BCUT2D eigenvalue weighted by molar-refractivity contribution is 7.80. The molecule has 4 nitrogen and oxygen atoms in total. The van der Waals surface area contributed by atoms with Gasteiger partial charge in [-0.25, -0.2) is 0 Å². The van der Waals surface area contributed by atoms with Crippen LogP contribution in [0.15, 0.2) is 0 Å². The summed E-state index contributed by atoms with van der Waals surface area (Å²) in [6.45, 7) is 4.23. The van der Waals surface area contributed by atoms with Crippen LogP contribution in [0.4, 0.5) is 0 Å². The highest BCUT2D eigenvalue weighted by Gasteiger charge is 2.67. The van der Waals surface area contributed by atoms with Gasteiger partial charge < -0.3 is 10.6 Å². The highest BCUT2D eigenvalue weighted by Crippen LogP contribution is 2.69. The molecule has 3 aliphatic carbocycles. The molecule has 4 rings (SSSR count). The number of hydrogen-bond acceptors (Lipinski definition) is 3. The zero-order valence-corrected chi connectivity index (χ0v) is 12.6. The van der Waals surface area contributed by atoms with Crippen LogP contribution in [0.3, 0.4) is 0 Å². The molecule has 1 amide bonds. The van der Waals surface area contributed by atoms with E-state index in [-0.39, 0.29) is 0 Å². The van der Waals surface area contributed by atoms with Gasteiger partial charge in [-0.3, -0.25) is 9.69 Å². The molecule has 3 saturated carbocycles. The van der Waals surface area contributed by atoms with Gasteiger partial charge in [0.15, 0.2) is 0 Å². The largest absolute Gasteiger partial charge is 0.392 e. The number of carbonyl (C=O) groups is 1. The van der Waals surface area contributed by atoms with Crippen molar-refractivity contribution in [2.75, 3.05) is 32.7 Å². The molecule has 0 aromatic heterocycles. The summed E-state index contributed by atoms with van der Waals surface area (Å²) >= 11 is 4.95. The zero-order valence-electron chi connectivity index (χ0n) is 11.8. The Kier molecular flexibility index (Phi) is 3.04. The van der Waals surface area contributed by atoms with Crippen LogP contribution in [-0.4, -0.2) is 53.4 Å². The summed E-state index contributed by atoms with van der Waals surface area (Å²) in [5.41, 5.74) is 5.58. The van der Waals surface area contributed by atoms with E-state index in [0.29, 0.717) is 23.4 Å². The number of piperazine rings is 1. The Labute approximate surface area is 125 Å². The molecule has 5 heteroatoms. The van der Waals surface area contributed by atoms with Crippen LogP contribution in [0.2, 0.25) is 0 Å². The third kappa shape index (κ3) is 1.98. The number of thiocarbonyl (C=S) groups is 1. The van der Waals surface area contributed by atoms with Crippen molar-refractivity contribution in [3.63, 3.8) is 0 Å². The first-order valence-corrected chi connectivity index (χ1v) is 8.35. The Morgan fingerprint density at radius 3 is 2.25 bits per heavy atom. The molecule has 2 N–H and O–H groups in total. The van der Waals surface area contributed by atoms with Crippen LogP contribution in [0.5, 0.6) is 0 Å². The number of nitrogens with zero attached hydrogens (tertiary/aromatic N) is 2. The molecular weight excluding hydrogens is 270 g/mol. The monoisotopic (exact) mass is 293 g/mol. The Morgan fingerprint density at radius 1 is 1.10 bits per heavy atom. The maximum atomic E-state index is 12.7. The molecule has 1 heterocycles. The Bertz CT molecular complexity index is 430. The molecule has 4 unspecified atom stereocenters. The van der Waals surface area contributed by atoms with E-state index in [1.807, 2.05) is 0 Å². The van der Waals surface area contributed by atoms with Gasteiger partial charge in [-0.1, -0.05) is 12.2 Å². The summed E-state index contributed by atoms with van der Waals surface area (Å²) in [6, 6.07) is 0. The van der Waals surface area contributed by atoms with Crippen molar-refractivity contribution in [3.05, 3.63) is 0 Å². The fourth-order valence-corrected chi connectivity index (χ4v) is 5.40. The van der Waals surface area contributed by atoms with Crippen molar-refractivity contribution in [1.82, 2.24) is 9.80 Å². The Hall–Kier alpha value is -0.680. The van der Waals surface area contributed by atoms with Crippen LogP contribution in [-0.2, 0) is 4.79 Å². The molecule has 4 atom stereocenters. The van der Waals surface area contributed by atoms with E-state index in [2.05, 4.69) is 9.80 Å². The SMILES string of the molecule is NC(=S)CN1CCN(C(=O)C2C3C4CCC(C4)C23)CC1. The normalized spacial score (nSPS) is 42.6. The average Bonchev–Trinajstić information content (AvgIpc) is 2.86. The third-order valence-electron chi connectivity index (χ3n) is 6.08. The van der Waals surface area contributed by atoms with Gasteiger partial charge in [-0.05, 0) is 42.9 Å². The molecule has 0 radical (unpaired) electrons. The van der Waals surface area contributed by atoms with Crippen LogP contribution in [0.25, 0.3) is 0 Å². The van der Waals surface area contributed by atoms with Crippen molar-refractivity contribution in [2.45, 2.75) is 19.3 Å². The standard InChI is InChI=1S/C15H23N3OS/c16-11(20)8-17-3-5-18(6-4-17)15(19)14-12-9-1-2-10(7-9)13(12)14/h9-10,12-14H,1-8H2,(H2,16,20). The van der Waals surface area contributed by atoms with Gasteiger partial charge in [0, 0.05) is 38.6 Å². The first kappa shape index (κ1) is 13.0. The number of rotatable bonds is 3. The fourth-order valence-electron chi connectivity index (χ4n) is 5.21. The molecular formula is C15H23N3OS. The van der Waals surface area contributed by atoms with Gasteiger partial charge in [0.05, 0.1) is 4.99 Å². The number of amides is 1. The van der Waals surface area contributed by atoms with Crippen molar-refractivity contribution >= 4 is 23.1 Å². The second-order valence-corrected chi connectivity index (χ2v) is 7.61. The minimum absolute atomic E-state index is 0.392. The molecule has 0 aromatic carbocycles. The molecule has 4 aliphatic rings. The number of fused-ring (bicyclic) bond motifs is 5. The smallest absolute Gasteiger partial charge is 0.226 e. The highest BCUT2D eigenvalue weighted by atomic mass is 32.1. The van der Waals surface area contributed by atoms with Crippen LogP contribution in [0, 0.1) is 29.6 Å². The van der Waals surface area contributed by atoms with E-state index in [1.54, 1.807) is 0 Å². The van der Waals surface area contributed by atoms with E-state index in [9.17, 15) is 4.79 Å². The molecule has 0 spiro atoms. The number of carbonyl (C=O) groups excluding carboxylic acids is 1. The van der Waals surface area contributed by atoms with E-state index in [4.69, 9.17) is 18.0 Å². The minimum atomic E-state index is 0.392. The van der Waals surface area contributed by atoms with Crippen molar-refractivity contribution in [1.29, 1.82) is 0 Å². The molecule has 1 aliphatic heterocycles. The quantitative estimate of drug-likeness (QED) is 0.779. The molecule has 2 bridgehead atoms. The van der Waals surface area contributed by atoms with Gasteiger partial charge >= 0.3 is 0 Å². The summed E-state index contributed by atoms with van der Waals surface area (Å²) in [7, 11) is 0. The van der Waals surface area contributed by atoms with Gasteiger partial charge in [0.1, 0.15) is 0 Å². The predicted molar refractivity (Wildman–Crippen MR) is 81.1 cm³/mol. The zero-order chi connectivity index (χ0) is 13.9. The lowest BCUT2D eigenvalue weighted by atomic mass is 10.0. The van der Waals surface area contributed by atoms with Crippen LogP contribution < -0.4 is 5.73 Å². The van der Waals surface area contributed by atoms with E-state index in [1.165, 1.54) is 19.3 Å². The number of hydrogen-bond donors (Lipinski definition) is 1. The summed E-state index contributed by atoms with van der Waals surface area (Å²) in [5.74, 6) is 4.13. The Balaban J connectivity index is 1.32. The van der Waals surface area contributed by atoms with E-state index in [0.717, 1.165) is 49.9 Å².